The molecular weight excluding hydrogens is 195 g/mol. The number of halogens is 1. The minimum atomic E-state index is -0.626. The molecule has 2 nitrogen and oxygen atoms in total. The molecule has 1 aromatic heterocycles. The molecule has 0 aliphatic heterocycles. The van der Waals surface area contributed by atoms with Crippen molar-refractivity contribution in [1.82, 2.24) is 0 Å². The summed E-state index contributed by atoms with van der Waals surface area (Å²) in [4.78, 5) is 0. The van der Waals surface area contributed by atoms with E-state index in [0.29, 0.717) is 11.5 Å². The van der Waals surface area contributed by atoms with Crippen molar-refractivity contribution in [3.63, 3.8) is 0 Å². The van der Waals surface area contributed by atoms with Crippen molar-refractivity contribution in [3.8, 4) is 11.3 Å². The van der Waals surface area contributed by atoms with Crippen molar-refractivity contribution in [2.75, 3.05) is 0 Å². The third-order valence-electron chi connectivity index (χ3n) is 2.17. The predicted octanol–water partition coefficient (Wildman–Crippen LogP) is 3.14. The second kappa shape index (κ2) is 3.87. The summed E-state index contributed by atoms with van der Waals surface area (Å²) in [6.07, 6.45) is -0.626. The van der Waals surface area contributed by atoms with Crippen LogP contribution in [-0.4, -0.2) is 5.11 Å². The lowest BCUT2D eigenvalue weighted by molar-refractivity contribution is 0.170. The Balaban J connectivity index is 2.33. The highest BCUT2D eigenvalue weighted by Crippen LogP contribution is 2.25. The Kier molecular flexibility index (Phi) is 2.56. The Bertz CT molecular complexity index is 443. The standard InChI is InChI=1S/C12H11FO2/c1-8(14)11-6-7-12(15-11)9-2-4-10(13)5-3-9/h2-8,14H,1H3/t8-/m0/s1. The van der Waals surface area contributed by atoms with E-state index in [2.05, 4.69) is 0 Å². The van der Waals surface area contributed by atoms with Gasteiger partial charge in [-0.1, -0.05) is 0 Å². The van der Waals surface area contributed by atoms with Crippen molar-refractivity contribution >= 4 is 0 Å². The molecule has 78 valence electrons. The van der Waals surface area contributed by atoms with Crippen LogP contribution in [0, 0.1) is 5.82 Å². The van der Waals surface area contributed by atoms with Gasteiger partial charge in [0.25, 0.3) is 0 Å². The lowest BCUT2D eigenvalue weighted by Crippen LogP contribution is -1.85. The average Bonchev–Trinajstić information content (AvgIpc) is 2.68. The second-order valence-electron chi connectivity index (χ2n) is 3.38. The monoisotopic (exact) mass is 206 g/mol. The second-order valence-corrected chi connectivity index (χ2v) is 3.38. The first-order valence-corrected chi connectivity index (χ1v) is 4.70. The van der Waals surface area contributed by atoms with Gasteiger partial charge in [-0.05, 0) is 43.3 Å². The van der Waals surface area contributed by atoms with Gasteiger partial charge in [-0.3, -0.25) is 0 Å². The van der Waals surface area contributed by atoms with E-state index < -0.39 is 6.10 Å². The average molecular weight is 206 g/mol. The van der Waals surface area contributed by atoms with Crippen LogP contribution in [0.1, 0.15) is 18.8 Å². The van der Waals surface area contributed by atoms with Crippen molar-refractivity contribution in [1.29, 1.82) is 0 Å². The van der Waals surface area contributed by atoms with Gasteiger partial charge in [0.05, 0.1) is 0 Å². The van der Waals surface area contributed by atoms with E-state index in [4.69, 9.17) is 4.42 Å². The van der Waals surface area contributed by atoms with Crippen molar-refractivity contribution in [3.05, 3.63) is 48.0 Å². The minimum Gasteiger partial charge on any atom is -0.458 e. The molecule has 0 unspecified atom stereocenters. The maximum Gasteiger partial charge on any atom is 0.134 e. The van der Waals surface area contributed by atoms with Crippen molar-refractivity contribution in [2.24, 2.45) is 0 Å². The summed E-state index contributed by atoms with van der Waals surface area (Å²) in [5, 5.41) is 9.27. The molecule has 0 radical (unpaired) electrons. The Hall–Kier alpha value is -1.61. The molecule has 0 saturated carbocycles. The molecule has 3 heteroatoms. The van der Waals surface area contributed by atoms with Gasteiger partial charge in [0.2, 0.25) is 0 Å². The van der Waals surface area contributed by atoms with Gasteiger partial charge in [0.1, 0.15) is 23.4 Å². The maximum absolute atomic E-state index is 12.7. The first kappa shape index (κ1) is 9.93. The summed E-state index contributed by atoms with van der Waals surface area (Å²) in [6.45, 7) is 1.63. The zero-order chi connectivity index (χ0) is 10.8. The van der Waals surface area contributed by atoms with Crippen molar-refractivity contribution < 1.29 is 13.9 Å². The van der Waals surface area contributed by atoms with Crippen molar-refractivity contribution in [2.45, 2.75) is 13.0 Å². The van der Waals surface area contributed by atoms with E-state index in [1.54, 1.807) is 31.2 Å². The van der Waals surface area contributed by atoms with Crippen LogP contribution in [0.2, 0.25) is 0 Å². The van der Waals surface area contributed by atoms with Crippen LogP contribution in [-0.2, 0) is 0 Å². The molecule has 2 aromatic rings. The Labute approximate surface area is 87.0 Å². The van der Waals surface area contributed by atoms with Gasteiger partial charge in [-0.25, -0.2) is 4.39 Å². The predicted molar refractivity (Wildman–Crippen MR) is 54.7 cm³/mol. The zero-order valence-corrected chi connectivity index (χ0v) is 8.27. The number of rotatable bonds is 2. The molecule has 0 fully saturated rings. The summed E-state index contributed by atoms with van der Waals surface area (Å²) in [7, 11) is 0. The molecule has 15 heavy (non-hydrogen) atoms. The van der Waals surface area contributed by atoms with Crippen LogP contribution in [0.5, 0.6) is 0 Å². The fourth-order valence-corrected chi connectivity index (χ4v) is 1.35. The minimum absolute atomic E-state index is 0.277. The maximum atomic E-state index is 12.7. The summed E-state index contributed by atoms with van der Waals surface area (Å²) in [5.41, 5.74) is 0.795. The molecule has 1 aromatic carbocycles. The fraction of sp³-hybridized carbons (Fsp3) is 0.167. The molecule has 0 aliphatic carbocycles. The van der Waals surface area contributed by atoms with Crippen LogP contribution in [0.4, 0.5) is 4.39 Å². The number of aliphatic hydroxyl groups is 1. The normalized spacial score (nSPS) is 12.7. The summed E-state index contributed by atoms with van der Waals surface area (Å²) in [6, 6.07) is 9.50. The van der Waals surface area contributed by atoms with E-state index in [9.17, 15) is 9.50 Å². The van der Waals surface area contributed by atoms with E-state index in [-0.39, 0.29) is 5.82 Å². The number of benzene rings is 1. The molecule has 0 saturated heterocycles. The van der Waals surface area contributed by atoms with Crippen LogP contribution in [0.15, 0.2) is 40.8 Å². The van der Waals surface area contributed by atoms with Gasteiger partial charge in [0.15, 0.2) is 0 Å². The number of hydrogen-bond acceptors (Lipinski definition) is 2. The van der Waals surface area contributed by atoms with Gasteiger partial charge >= 0.3 is 0 Å². The molecule has 0 bridgehead atoms. The van der Waals surface area contributed by atoms with E-state index in [0.717, 1.165) is 5.56 Å². The molecule has 1 N–H and O–H groups in total. The van der Waals surface area contributed by atoms with Crippen LogP contribution < -0.4 is 0 Å². The first-order valence-electron chi connectivity index (χ1n) is 4.70. The largest absolute Gasteiger partial charge is 0.458 e. The molecule has 0 amide bonds. The fourth-order valence-electron chi connectivity index (χ4n) is 1.35. The van der Waals surface area contributed by atoms with E-state index in [1.165, 1.54) is 12.1 Å². The molecule has 1 heterocycles. The van der Waals surface area contributed by atoms with Crippen LogP contribution in [0.25, 0.3) is 11.3 Å². The highest BCUT2D eigenvalue weighted by Gasteiger charge is 2.08. The Morgan fingerprint density at radius 1 is 1.13 bits per heavy atom. The van der Waals surface area contributed by atoms with Gasteiger partial charge in [0, 0.05) is 5.56 Å². The highest BCUT2D eigenvalue weighted by atomic mass is 19.1. The SMILES string of the molecule is C[C@H](O)c1ccc(-c2ccc(F)cc2)o1. The highest BCUT2D eigenvalue weighted by molar-refractivity contribution is 5.57. The van der Waals surface area contributed by atoms with Gasteiger partial charge in [-0.15, -0.1) is 0 Å². The number of furan rings is 1. The van der Waals surface area contributed by atoms with Gasteiger partial charge in [-0.2, -0.15) is 0 Å². The summed E-state index contributed by atoms with van der Waals surface area (Å²) >= 11 is 0. The Morgan fingerprint density at radius 2 is 1.80 bits per heavy atom. The summed E-state index contributed by atoms with van der Waals surface area (Å²) in [5.74, 6) is 0.862. The van der Waals surface area contributed by atoms with E-state index in [1.807, 2.05) is 0 Å². The van der Waals surface area contributed by atoms with Crippen LogP contribution in [0.3, 0.4) is 0 Å². The molecule has 1 atom stereocenters. The summed E-state index contributed by atoms with van der Waals surface area (Å²) < 4.78 is 18.1. The third kappa shape index (κ3) is 2.07. The topological polar surface area (TPSA) is 33.4 Å². The molecular formula is C12H11FO2. The third-order valence-corrected chi connectivity index (χ3v) is 2.17. The van der Waals surface area contributed by atoms with E-state index >= 15 is 0 Å². The van der Waals surface area contributed by atoms with Gasteiger partial charge < -0.3 is 9.52 Å². The lowest BCUT2D eigenvalue weighted by atomic mass is 10.2. The first-order chi connectivity index (χ1) is 7.16. The zero-order valence-electron chi connectivity index (χ0n) is 8.27. The molecule has 0 aliphatic rings. The molecule has 0 spiro atoms. The van der Waals surface area contributed by atoms with Crippen LogP contribution >= 0.6 is 0 Å². The Morgan fingerprint density at radius 3 is 2.33 bits per heavy atom. The number of hydrogen-bond donors (Lipinski definition) is 1. The smallest absolute Gasteiger partial charge is 0.134 e. The lowest BCUT2D eigenvalue weighted by Gasteiger charge is -1.99. The molecule has 2 rings (SSSR count). The quantitative estimate of drug-likeness (QED) is 0.818. The number of aliphatic hydroxyl groups excluding tert-OH is 1.